The van der Waals surface area contributed by atoms with Crippen LogP contribution < -0.4 is 10.6 Å². The summed E-state index contributed by atoms with van der Waals surface area (Å²) in [5, 5.41) is 10.5. The first kappa shape index (κ1) is 19.4. The van der Waals surface area contributed by atoms with Crippen molar-refractivity contribution in [3.8, 4) is 5.69 Å². The van der Waals surface area contributed by atoms with Crippen LogP contribution in [0.2, 0.25) is 0 Å². The second kappa shape index (κ2) is 8.86. The molecule has 2 aromatic rings. The Kier molecular flexibility index (Phi) is 7.48. The van der Waals surface area contributed by atoms with E-state index in [9.17, 15) is 4.79 Å². The van der Waals surface area contributed by atoms with Gasteiger partial charge < -0.3 is 10.6 Å². The number of nitrogens with zero attached hydrogens (tertiary/aromatic N) is 3. The van der Waals surface area contributed by atoms with Gasteiger partial charge in [0.2, 0.25) is 0 Å². The molecule has 6 nitrogen and oxygen atoms in total. The zero-order chi connectivity index (χ0) is 14.7. The standard InChI is InChI=1S/C15H19N5O.2ClH/c1-11-5-6-16-8-14(11)19-15(21)12-3-2-4-13(7-12)20-10-17-9-18-20;;/h2-4,7,9-11,14,16H,5-6,8H2,1H3,(H,19,21);2*1H. The van der Waals surface area contributed by atoms with E-state index in [-0.39, 0.29) is 36.8 Å². The second-order valence-corrected chi connectivity index (χ2v) is 5.44. The number of halogens is 2. The van der Waals surface area contributed by atoms with Gasteiger partial charge in [0.1, 0.15) is 12.7 Å². The highest BCUT2D eigenvalue weighted by molar-refractivity contribution is 5.95. The smallest absolute Gasteiger partial charge is 0.251 e. The number of aromatic nitrogens is 3. The van der Waals surface area contributed by atoms with E-state index in [2.05, 4.69) is 27.6 Å². The Morgan fingerprint density at radius 2 is 2.22 bits per heavy atom. The number of carbonyl (C=O) groups excluding carboxylic acids is 1. The highest BCUT2D eigenvalue weighted by Crippen LogP contribution is 2.13. The highest BCUT2D eigenvalue weighted by Gasteiger charge is 2.23. The van der Waals surface area contributed by atoms with E-state index in [1.54, 1.807) is 11.0 Å². The lowest BCUT2D eigenvalue weighted by atomic mass is 9.94. The molecule has 1 aliphatic heterocycles. The Morgan fingerprint density at radius 3 is 2.91 bits per heavy atom. The fourth-order valence-corrected chi connectivity index (χ4v) is 2.57. The molecule has 1 fully saturated rings. The maximum atomic E-state index is 12.4. The van der Waals surface area contributed by atoms with Crippen LogP contribution in [0.1, 0.15) is 23.7 Å². The van der Waals surface area contributed by atoms with Gasteiger partial charge in [-0.3, -0.25) is 4.79 Å². The van der Waals surface area contributed by atoms with Crippen molar-refractivity contribution in [1.29, 1.82) is 0 Å². The van der Waals surface area contributed by atoms with Crippen molar-refractivity contribution in [2.24, 2.45) is 5.92 Å². The lowest BCUT2D eigenvalue weighted by Crippen LogP contribution is -2.50. The Labute approximate surface area is 147 Å². The molecule has 1 aromatic carbocycles. The molecular weight excluding hydrogens is 337 g/mol. The molecular formula is C15H21Cl2N5O. The minimum absolute atomic E-state index is 0. The molecule has 1 aromatic heterocycles. The highest BCUT2D eigenvalue weighted by atomic mass is 35.5. The number of piperidine rings is 1. The minimum atomic E-state index is -0.0440. The molecule has 1 amide bonds. The van der Waals surface area contributed by atoms with Crippen LogP contribution in [0.25, 0.3) is 5.69 Å². The van der Waals surface area contributed by atoms with E-state index in [4.69, 9.17) is 0 Å². The summed E-state index contributed by atoms with van der Waals surface area (Å²) in [5.74, 6) is 0.450. The van der Waals surface area contributed by atoms with Gasteiger partial charge in [-0.15, -0.1) is 24.8 Å². The lowest BCUT2D eigenvalue weighted by molar-refractivity contribution is 0.0915. The third-order valence-corrected chi connectivity index (χ3v) is 3.94. The normalized spacial score (nSPS) is 20.0. The molecule has 1 saturated heterocycles. The molecule has 2 heterocycles. The fraction of sp³-hybridized carbons (Fsp3) is 0.400. The van der Waals surface area contributed by atoms with Crippen LogP contribution in [0, 0.1) is 5.92 Å². The number of rotatable bonds is 3. The molecule has 3 rings (SSSR count). The summed E-state index contributed by atoms with van der Waals surface area (Å²) in [5.41, 5.74) is 1.47. The SMILES string of the molecule is CC1CCNCC1NC(=O)c1cccc(-n2cncn2)c1.Cl.Cl. The average molecular weight is 358 g/mol. The predicted octanol–water partition coefficient (Wildman–Crippen LogP) is 1.84. The molecule has 0 radical (unpaired) electrons. The summed E-state index contributed by atoms with van der Waals surface area (Å²) < 4.78 is 1.64. The van der Waals surface area contributed by atoms with Crippen LogP contribution in [-0.2, 0) is 0 Å². The summed E-state index contributed by atoms with van der Waals surface area (Å²) >= 11 is 0. The van der Waals surface area contributed by atoms with Crippen molar-refractivity contribution in [2.75, 3.05) is 13.1 Å². The third-order valence-electron chi connectivity index (χ3n) is 3.94. The van der Waals surface area contributed by atoms with Crippen molar-refractivity contribution in [1.82, 2.24) is 25.4 Å². The molecule has 23 heavy (non-hydrogen) atoms. The van der Waals surface area contributed by atoms with E-state index >= 15 is 0 Å². The van der Waals surface area contributed by atoms with Gasteiger partial charge in [0.25, 0.3) is 5.91 Å². The zero-order valence-corrected chi connectivity index (χ0v) is 14.4. The molecule has 0 spiro atoms. The number of benzene rings is 1. The van der Waals surface area contributed by atoms with E-state index in [1.807, 2.05) is 24.3 Å². The Balaban J connectivity index is 0.00000132. The van der Waals surface area contributed by atoms with Crippen LogP contribution >= 0.6 is 24.8 Å². The number of hydrogen-bond donors (Lipinski definition) is 2. The first-order valence-electron chi connectivity index (χ1n) is 7.20. The summed E-state index contributed by atoms with van der Waals surface area (Å²) in [7, 11) is 0. The summed E-state index contributed by atoms with van der Waals surface area (Å²) in [6.45, 7) is 4.03. The van der Waals surface area contributed by atoms with Crippen molar-refractivity contribution in [3.63, 3.8) is 0 Å². The van der Waals surface area contributed by atoms with Gasteiger partial charge in [-0.1, -0.05) is 13.0 Å². The molecule has 2 atom stereocenters. The Bertz CT molecular complexity index is 620. The van der Waals surface area contributed by atoms with E-state index in [0.29, 0.717) is 11.5 Å². The number of carbonyl (C=O) groups is 1. The summed E-state index contributed by atoms with van der Waals surface area (Å²) in [6.07, 6.45) is 4.18. The summed E-state index contributed by atoms with van der Waals surface area (Å²) in [6, 6.07) is 7.58. The van der Waals surface area contributed by atoms with Crippen LogP contribution in [0.15, 0.2) is 36.9 Å². The Morgan fingerprint density at radius 1 is 1.39 bits per heavy atom. The monoisotopic (exact) mass is 357 g/mol. The lowest BCUT2D eigenvalue weighted by Gasteiger charge is -2.30. The van der Waals surface area contributed by atoms with Crippen molar-refractivity contribution < 1.29 is 4.79 Å². The molecule has 2 unspecified atom stereocenters. The average Bonchev–Trinajstić information content (AvgIpc) is 3.04. The Hall–Kier alpha value is -1.63. The van der Waals surface area contributed by atoms with Gasteiger partial charge in [-0.2, -0.15) is 5.10 Å². The van der Waals surface area contributed by atoms with Crippen LogP contribution in [-0.4, -0.2) is 39.8 Å². The first-order chi connectivity index (χ1) is 10.2. The molecule has 0 aliphatic carbocycles. The van der Waals surface area contributed by atoms with Crippen molar-refractivity contribution >= 4 is 30.7 Å². The van der Waals surface area contributed by atoms with E-state index in [0.717, 1.165) is 25.2 Å². The zero-order valence-electron chi connectivity index (χ0n) is 12.8. The van der Waals surface area contributed by atoms with Gasteiger partial charge in [-0.05, 0) is 37.1 Å². The van der Waals surface area contributed by atoms with Crippen LogP contribution in [0.4, 0.5) is 0 Å². The van der Waals surface area contributed by atoms with Crippen LogP contribution in [0.3, 0.4) is 0 Å². The largest absolute Gasteiger partial charge is 0.348 e. The maximum absolute atomic E-state index is 12.4. The minimum Gasteiger partial charge on any atom is -0.348 e. The van der Waals surface area contributed by atoms with Gasteiger partial charge in [0.05, 0.1) is 5.69 Å². The van der Waals surface area contributed by atoms with E-state index < -0.39 is 0 Å². The third kappa shape index (κ3) is 4.67. The molecule has 0 bridgehead atoms. The number of amides is 1. The van der Waals surface area contributed by atoms with Gasteiger partial charge in [0, 0.05) is 18.2 Å². The maximum Gasteiger partial charge on any atom is 0.251 e. The molecule has 126 valence electrons. The predicted molar refractivity (Wildman–Crippen MR) is 93.8 cm³/mol. The first-order valence-corrected chi connectivity index (χ1v) is 7.20. The van der Waals surface area contributed by atoms with Crippen molar-refractivity contribution in [3.05, 3.63) is 42.5 Å². The molecule has 2 N–H and O–H groups in total. The van der Waals surface area contributed by atoms with E-state index in [1.165, 1.54) is 6.33 Å². The number of hydrogen-bond acceptors (Lipinski definition) is 4. The van der Waals surface area contributed by atoms with Gasteiger partial charge in [-0.25, -0.2) is 9.67 Å². The van der Waals surface area contributed by atoms with Crippen LogP contribution in [0.5, 0.6) is 0 Å². The number of nitrogens with one attached hydrogen (secondary N) is 2. The van der Waals surface area contributed by atoms with Gasteiger partial charge >= 0.3 is 0 Å². The quantitative estimate of drug-likeness (QED) is 0.878. The molecule has 8 heteroatoms. The fourth-order valence-electron chi connectivity index (χ4n) is 2.57. The molecule has 0 saturated carbocycles. The summed E-state index contributed by atoms with van der Waals surface area (Å²) in [4.78, 5) is 16.3. The molecule has 1 aliphatic rings. The van der Waals surface area contributed by atoms with Crippen molar-refractivity contribution in [2.45, 2.75) is 19.4 Å². The van der Waals surface area contributed by atoms with Gasteiger partial charge in [0.15, 0.2) is 0 Å². The topological polar surface area (TPSA) is 71.8 Å². The second-order valence-electron chi connectivity index (χ2n) is 5.44.